The Hall–Kier alpha value is -2.65. The maximum atomic E-state index is 11.6. The molecule has 0 saturated heterocycles. The molecule has 7 N–H and O–H groups in total. The third-order valence-electron chi connectivity index (χ3n) is 3.89. The minimum Gasteiger partial charge on any atom is -0.504 e. The fourth-order valence-electron chi connectivity index (χ4n) is 2.37. The largest absolute Gasteiger partial charge is 0.504 e. The first-order valence-corrected chi connectivity index (χ1v) is 9.42. The number of likely N-dealkylation sites (N-methyl/N-ethyl adjacent to an activating group) is 1. The van der Waals surface area contributed by atoms with Gasteiger partial charge in [0.1, 0.15) is 0 Å². The Morgan fingerprint density at radius 1 is 1.00 bits per heavy atom. The SMILES string of the molecule is CNC[C@@H](O)c1ccc(O)c(O)c1.CNNCc1ccc(C(=O)NC(C)C)cc1. The number of hydrogen-bond acceptors (Lipinski definition) is 7. The molecule has 8 nitrogen and oxygen atoms in total. The lowest BCUT2D eigenvalue weighted by Crippen LogP contribution is -2.30. The summed E-state index contributed by atoms with van der Waals surface area (Å²) in [5.74, 6) is -0.420. The number of aliphatic hydroxyl groups excluding tert-OH is 1. The quantitative estimate of drug-likeness (QED) is 0.262. The van der Waals surface area contributed by atoms with Crippen LogP contribution in [0, 0.1) is 0 Å². The number of amides is 1. The van der Waals surface area contributed by atoms with Gasteiger partial charge in [-0.25, -0.2) is 0 Å². The van der Waals surface area contributed by atoms with Crippen LogP contribution in [0.5, 0.6) is 11.5 Å². The van der Waals surface area contributed by atoms with Gasteiger partial charge in [-0.15, -0.1) is 0 Å². The van der Waals surface area contributed by atoms with Crippen LogP contribution in [-0.4, -0.2) is 47.9 Å². The monoisotopic (exact) mass is 404 g/mol. The molecule has 29 heavy (non-hydrogen) atoms. The second-order valence-electron chi connectivity index (χ2n) is 6.75. The molecule has 0 aliphatic rings. The molecule has 0 fully saturated rings. The van der Waals surface area contributed by atoms with Crippen LogP contribution in [-0.2, 0) is 6.54 Å². The van der Waals surface area contributed by atoms with E-state index in [0.29, 0.717) is 17.7 Å². The number of hydrazine groups is 1. The lowest BCUT2D eigenvalue weighted by molar-refractivity contribution is 0.0943. The van der Waals surface area contributed by atoms with Gasteiger partial charge < -0.3 is 26.0 Å². The normalized spacial score (nSPS) is 11.5. The Morgan fingerprint density at radius 3 is 2.17 bits per heavy atom. The maximum absolute atomic E-state index is 11.6. The molecule has 1 amide bonds. The summed E-state index contributed by atoms with van der Waals surface area (Å²) in [6.07, 6.45) is -0.670. The molecule has 2 aromatic rings. The van der Waals surface area contributed by atoms with E-state index < -0.39 is 6.10 Å². The fourth-order valence-corrected chi connectivity index (χ4v) is 2.37. The molecule has 0 radical (unpaired) electrons. The number of phenols is 2. The van der Waals surface area contributed by atoms with Crippen molar-refractivity contribution in [3.05, 3.63) is 59.2 Å². The zero-order valence-electron chi connectivity index (χ0n) is 17.4. The minimum atomic E-state index is -0.670. The number of aromatic hydroxyl groups is 2. The summed E-state index contributed by atoms with van der Waals surface area (Å²) >= 11 is 0. The number of hydrogen-bond donors (Lipinski definition) is 7. The van der Waals surface area contributed by atoms with E-state index >= 15 is 0 Å². The van der Waals surface area contributed by atoms with Crippen molar-refractivity contribution in [2.75, 3.05) is 20.6 Å². The lowest BCUT2D eigenvalue weighted by Gasteiger charge is -2.10. The van der Waals surface area contributed by atoms with E-state index in [0.717, 1.165) is 12.1 Å². The van der Waals surface area contributed by atoms with Crippen LogP contribution in [0.3, 0.4) is 0 Å². The second kappa shape index (κ2) is 12.7. The van der Waals surface area contributed by atoms with Crippen molar-refractivity contribution in [1.29, 1.82) is 0 Å². The second-order valence-corrected chi connectivity index (χ2v) is 6.75. The van der Waals surface area contributed by atoms with Gasteiger partial charge in [0.25, 0.3) is 5.91 Å². The topological polar surface area (TPSA) is 126 Å². The van der Waals surface area contributed by atoms with Crippen molar-refractivity contribution >= 4 is 5.91 Å². The Labute approximate surface area is 171 Å². The number of phenolic OH excluding ortho intramolecular Hbond substituents is 2. The third-order valence-corrected chi connectivity index (χ3v) is 3.89. The summed E-state index contributed by atoms with van der Waals surface area (Å²) in [5.41, 5.74) is 8.25. The first-order chi connectivity index (χ1) is 13.8. The molecule has 160 valence electrons. The van der Waals surface area contributed by atoms with Gasteiger partial charge in [0.2, 0.25) is 0 Å². The molecule has 0 saturated carbocycles. The van der Waals surface area contributed by atoms with E-state index in [1.165, 1.54) is 12.1 Å². The van der Waals surface area contributed by atoms with E-state index in [1.807, 2.05) is 45.2 Å². The molecule has 0 unspecified atom stereocenters. The van der Waals surface area contributed by atoms with E-state index in [-0.39, 0.29) is 23.4 Å². The fraction of sp³-hybridized carbons (Fsp3) is 0.381. The number of benzene rings is 2. The zero-order valence-corrected chi connectivity index (χ0v) is 17.4. The molecular weight excluding hydrogens is 372 g/mol. The molecule has 0 spiro atoms. The molecule has 0 heterocycles. The standard InChI is InChI=1S/C12H19N3O.C9H13NO3/c1-9(2)15-12(16)11-6-4-10(5-7-11)8-14-13-3;1-10-5-9(13)6-2-3-7(11)8(12)4-6/h4-7,9,13-14H,8H2,1-3H3,(H,15,16);2-4,9-13H,5H2,1H3/t;9-/m.1/s1. The Balaban J connectivity index is 0.000000296. The van der Waals surface area contributed by atoms with E-state index in [1.54, 1.807) is 13.1 Å². The number of rotatable bonds is 8. The molecular formula is C21H32N4O4. The predicted octanol–water partition coefficient (Wildman–Crippen LogP) is 1.40. The van der Waals surface area contributed by atoms with Crippen molar-refractivity contribution in [2.45, 2.75) is 32.5 Å². The van der Waals surface area contributed by atoms with E-state index in [9.17, 15) is 9.90 Å². The van der Waals surface area contributed by atoms with Gasteiger partial charge in [-0.3, -0.25) is 15.6 Å². The highest BCUT2D eigenvalue weighted by molar-refractivity contribution is 5.94. The molecule has 0 bridgehead atoms. The highest BCUT2D eigenvalue weighted by atomic mass is 16.3. The smallest absolute Gasteiger partial charge is 0.251 e. The van der Waals surface area contributed by atoms with Gasteiger partial charge in [-0.05, 0) is 63.3 Å². The van der Waals surface area contributed by atoms with Gasteiger partial charge in [-0.2, -0.15) is 0 Å². The first-order valence-electron chi connectivity index (χ1n) is 9.42. The highest BCUT2D eigenvalue weighted by Gasteiger charge is 2.08. The molecule has 1 atom stereocenters. The van der Waals surface area contributed by atoms with Gasteiger partial charge in [0.15, 0.2) is 11.5 Å². The number of carbonyl (C=O) groups is 1. The van der Waals surface area contributed by atoms with Crippen molar-refractivity contribution in [3.63, 3.8) is 0 Å². The van der Waals surface area contributed by atoms with Gasteiger partial charge in [0, 0.05) is 24.7 Å². The van der Waals surface area contributed by atoms with Crippen LogP contribution in [0.15, 0.2) is 42.5 Å². The molecule has 0 aliphatic heterocycles. The average molecular weight is 405 g/mol. The van der Waals surface area contributed by atoms with Crippen LogP contribution in [0.1, 0.15) is 41.4 Å². The lowest BCUT2D eigenvalue weighted by atomic mass is 10.1. The van der Waals surface area contributed by atoms with Crippen molar-refractivity contribution in [2.24, 2.45) is 0 Å². The van der Waals surface area contributed by atoms with Gasteiger partial charge in [-0.1, -0.05) is 18.2 Å². The van der Waals surface area contributed by atoms with Gasteiger partial charge >= 0.3 is 0 Å². The summed E-state index contributed by atoms with van der Waals surface area (Å²) in [4.78, 5) is 11.6. The summed E-state index contributed by atoms with van der Waals surface area (Å²) in [6, 6.07) is 12.0. The summed E-state index contributed by atoms with van der Waals surface area (Å²) in [6.45, 7) is 5.04. The van der Waals surface area contributed by atoms with Crippen LogP contribution in [0.25, 0.3) is 0 Å². The highest BCUT2D eigenvalue weighted by Crippen LogP contribution is 2.27. The van der Waals surface area contributed by atoms with Crippen LogP contribution >= 0.6 is 0 Å². The van der Waals surface area contributed by atoms with Crippen molar-refractivity contribution in [1.82, 2.24) is 21.5 Å². The van der Waals surface area contributed by atoms with E-state index in [2.05, 4.69) is 21.5 Å². The Morgan fingerprint density at radius 2 is 1.66 bits per heavy atom. The van der Waals surface area contributed by atoms with Crippen molar-refractivity contribution < 1.29 is 20.1 Å². The Bertz CT molecular complexity index is 751. The summed E-state index contributed by atoms with van der Waals surface area (Å²) < 4.78 is 0. The average Bonchev–Trinajstić information content (AvgIpc) is 2.69. The number of aliphatic hydroxyl groups is 1. The minimum absolute atomic E-state index is 0.0249. The Kier molecular flexibility index (Phi) is 10.7. The molecule has 0 aliphatic carbocycles. The summed E-state index contributed by atoms with van der Waals surface area (Å²) in [5, 5.41) is 33.3. The van der Waals surface area contributed by atoms with Crippen LogP contribution < -0.4 is 21.5 Å². The van der Waals surface area contributed by atoms with Gasteiger partial charge in [0.05, 0.1) is 6.10 Å². The molecule has 8 heteroatoms. The van der Waals surface area contributed by atoms with Crippen molar-refractivity contribution in [3.8, 4) is 11.5 Å². The number of nitrogens with one attached hydrogen (secondary N) is 4. The maximum Gasteiger partial charge on any atom is 0.251 e. The van der Waals surface area contributed by atoms with Crippen LogP contribution in [0.2, 0.25) is 0 Å². The van der Waals surface area contributed by atoms with E-state index in [4.69, 9.17) is 10.2 Å². The molecule has 2 rings (SSSR count). The molecule has 0 aromatic heterocycles. The summed E-state index contributed by atoms with van der Waals surface area (Å²) in [7, 11) is 3.55. The molecule has 2 aromatic carbocycles. The predicted molar refractivity (Wildman–Crippen MR) is 114 cm³/mol. The zero-order chi connectivity index (χ0) is 21.8. The third kappa shape index (κ3) is 8.93. The van der Waals surface area contributed by atoms with Crippen LogP contribution in [0.4, 0.5) is 0 Å². The number of carbonyl (C=O) groups excluding carboxylic acids is 1. The first kappa shape index (κ1) is 24.4.